The molecule has 11 aliphatic heterocycles. The van der Waals surface area contributed by atoms with Crippen LogP contribution in [0.1, 0.15) is 79.1 Å². The third-order valence-corrected chi connectivity index (χ3v) is 14.9. The lowest BCUT2D eigenvalue weighted by molar-refractivity contribution is 0.678. The van der Waals surface area contributed by atoms with Crippen molar-refractivity contribution in [2.24, 2.45) is 0 Å². The number of aromatic nitrogens is 4. The second-order valence-corrected chi connectivity index (χ2v) is 20.3. The number of hydrogen-bond donors (Lipinski definition) is 0. The van der Waals surface area contributed by atoms with Crippen LogP contribution in [-0.4, -0.2) is 46.1 Å². The number of unbranched alkanes of at least 4 members (excludes halogenated alkanes) is 4. The van der Waals surface area contributed by atoms with Gasteiger partial charge in [-0.2, -0.15) is 0 Å². The van der Waals surface area contributed by atoms with Crippen molar-refractivity contribution < 1.29 is 0 Å². The molecule has 0 N–H and O–H groups in total. The Kier molecular flexibility index (Phi) is 15.5. The molecule has 380 valence electrons. The van der Waals surface area contributed by atoms with E-state index in [1.807, 2.05) is 61.2 Å². The van der Waals surface area contributed by atoms with Gasteiger partial charge in [0.05, 0.1) is 22.1 Å². The molecular formula is C72H62N6. The summed E-state index contributed by atoms with van der Waals surface area (Å²) in [5.41, 5.74) is 32.7. The molecule has 0 radical (unpaired) electrons. The minimum Gasteiger partial charge on any atom is -0.372 e. The average molecular weight is 1010 g/mol. The Balaban J connectivity index is 1.28. The van der Waals surface area contributed by atoms with Crippen molar-refractivity contribution in [3.8, 4) is 0 Å². The number of benzene rings is 6. The number of rotatable bonds is 14. The van der Waals surface area contributed by atoms with Crippen molar-refractivity contribution in [2.75, 3.05) is 36.0 Å². The van der Waals surface area contributed by atoms with Gasteiger partial charge >= 0.3 is 0 Å². The minimum atomic E-state index is 0.846. The molecule has 0 saturated carbocycles. The lowest BCUT2D eigenvalue weighted by Crippen LogP contribution is -2.26. The number of nitrogens with zero attached hydrogens (tertiary/aromatic N) is 6. The highest BCUT2D eigenvalue weighted by Gasteiger charge is 2.10. The first-order chi connectivity index (χ1) is 38.5. The molecule has 0 fully saturated rings. The largest absolute Gasteiger partial charge is 0.372 e. The van der Waals surface area contributed by atoms with Gasteiger partial charge < -0.3 is 9.80 Å². The maximum absolute atomic E-state index is 5.14. The quantitative estimate of drug-likeness (QED) is 0.0799. The highest BCUT2D eigenvalue weighted by Crippen LogP contribution is 2.25. The third-order valence-electron chi connectivity index (χ3n) is 14.9. The molecule has 4 aromatic heterocycles. The molecule has 15 heterocycles. The Morgan fingerprint density at radius 2 is 0.615 bits per heavy atom. The van der Waals surface area contributed by atoms with Gasteiger partial charge in [-0.05, 0) is 130 Å². The molecule has 0 atom stereocenters. The minimum absolute atomic E-state index is 0.846. The fourth-order valence-electron chi connectivity index (χ4n) is 10.6. The van der Waals surface area contributed by atoms with Crippen LogP contribution in [0.25, 0.3) is 66.5 Å². The van der Waals surface area contributed by atoms with Gasteiger partial charge in [0.15, 0.2) is 0 Å². The summed E-state index contributed by atoms with van der Waals surface area (Å²) in [5, 5.41) is 15.5. The van der Waals surface area contributed by atoms with Crippen LogP contribution in [-0.2, 0) is 0 Å². The maximum Gasteiger partial charge on any atom is 0.0965 e. The number of hydrogen-bond acceptors (Lipinski definition) is 6. The highest BCUT2D eigenvalue weighted by molar-refractivity contribution is 6.03. The Morgan fingerprint density at radius 3 is 0.936 bits per heavy atom. The molecule has 0 spiro atoms. The summed E-state index contributed by atoms with van der Waals surface area (Å²) in [6, 6.07) is 47.2. The number of pyridine rings is 4. The molecule has 6 aromatic carbocycles. The fourth-order valence-corrected chi connectivity index (χ4v) is 10.6. The molecule has 0 unspecified atom stereocenters. The summed E-state index contributed by atoms with van der Waals surface area (Å²) in [6.45, 7) is 13.0. The van der Waals surface area contributed by atoms with E-state index >= 15 is 0 Å². The van der Waals surface area contributed by atoms with E-state index in [0.29, 0.717) is 0 Å². The van der Waals surface area contributed by atoms with Gasteiger partial charge in [0, 0.05) is 126 Å². The van der Waals surface area contributed by atoms with Gasteiger partial charge in [0.1, 0.15) is 0 Å². The second-order valence-electron chi connectivity index (χ2n) is 20.3. The summed E-state index contributed by atoms with van der Waals surface area (Å²) < 4.78 is 0. The second kappa shape index (κ2) is 23.8. The Bertz CT molecular complexity index is 4620. The van der Waals surface area contributed by atoms with E-state index in [0.717, 1.165) is 184 Å². The molecule has 6 nitrogen and oxygen atoms in total. The van der Waals surface area contributed by atoms with Gasteiger partial charge in [-0.1, -0.05) is 149 Å². The maximum atomic E-state index is 5.14. The first-order valence-corrected chi connectivity index (χ1v) is 27.9. The molecule has 11 aliphatic rings. The van der Waals surface area contributed by atoms with E-state index in [2.05, 4.69) is 180 Å². The summed E-state index contributed by atoms with van der Waals surface area (Å²) >= 11 is 0. The lowest BCUT2D eigenvalue weighted by atomic mass is 10.1. The zero-order valence-electron chi connectivity index (χ0n) is 45.2. The van der Waals surface area contributed by atoms with Crippen LogP contribution < -0.4 is 30.7 Å². The predicted octanol–water partition coefficient (Wildman–Crippen LogP) is 12.8. The molecule has 0 saturated heterocycles. The van der Waals surface area contributed by atoms with Crippen molar-refractivity contribution in [1.29, 1.82) is 0 Å². The number of anilines is 2. The van der Waals surface area contributed by atoms with Gasteiger partial charge in [-0.25, -0.2) is 0 Å². The molecular weight excluding hydrogens is 949 g/mol. The van der Waals surface area contributed by atoms with Crippen LogP contribution in [0.5, 0.6) is 0 Å². The zero-order chi connectivity index (χ0) is 53.2. The zero-order valence-corrected chi connectivity index (χ0v) is 45.2. The molecule has 10 aromatic rings. The first kappa shape index (κ1) is 50.9. The lowest BCUT2D eigenvalue weighted by Gasteiger charge is -2.24. The van der Waals surface area contributed by atoms with E-state index < -0.39 is 0 Å². The molecule has 12 bridgehead atoms. The summed E-state index contributed by atoms with van der Waals surface area (Å²) in [4.78, 5) is 25.4. The smallest absolute Gasteiger partial charge is 0.0965 e. The molecule has 21 rings (SSSR count). The van der Waals surface area contributed by atoms with Gasteiger partial charge in [-0.15, -0.1) is 0 Å². The predicted molar refractivity (Wildman–Crippen MR) is 321 cm³/mol. The van der Waals surface area contributed by atoms with Crippen LogP contribution in [0.2, 0.25) is 0 Å². The molecule has 0 aliphatic carbocycles. The van der Waals surface area contributed by atoms with Crippen molar-refractivity contribution in [3.05, 3.63) is 244 Å². The van der Waals surface area contributed by atoms with Crippen LogP contribution in [0.4, 0.5) is 11.4 Å². The summed E-state index contributed by atoms with van der Waals surface area (Å²) in [7, 11) is 0. The van der Waals surface area contributed by atoms with E-state index in [1.54, 1.807) is 0 Å². The van der Waals surface area contributed by atoms with Crippen LogP contribution >= 0.6 is 0 Å². The van der Waals surface area contributed by atoms with Crippen LogP contribution in [0, 0.1) is 41.7 Å². The summed E-state index contributed by atoms with van der Waals surface area (Å²) in [6.07, 6.45) is 16.8. The third kappa shape index (κ3) is 10.9. The van der Waals surface area contributed by atoms with Gasteiger partial charge in [0.25, 0.3) is 0 Å². The van der Waals surface area contributed by atoms with E-state index in [-0.39, 0.29) is 0 Å². The summed E-state index contributed by atoms with van der Waals surface area (Å²) in [5.74, 6) is 0. The van der Waals surface area contributed by atoms with E-state index in [9.17, 15) is 0 Å². The van der Waals surface area contributed by atoms with Gasteiger partial charge in [0.2, 0.25) is 0 Å². The fraction of sp³-hybridized carbons (Fsp3) is 0.222. The normalized spacial score (nSPS) is 11.4. The molecule has 78 heavy (non-hydrogen) atoms. The Morgan fingerprint density at radius 1 is 0.321 bits per heavy atom. The average Bonchev–Trinajstić information content (AvgIpc) is 3.49. The molecule has 0 amide bonds. The van der Waals surface area contributed by atoms with Crippen molar-refractivity contribution >= 4 is 77.9 Å². The van der Waals surface area contributed by atoms with Crippen molar-refractivity contribution in [1.82, 2.24) is 19.9 Å². The van der Waals surface area contributed by atoms with Gasteiger partial charge in [-0.3, -0.25) is 19.9 Å². The monoisotopic (exact) mass is 1010 g/mol. The standard InChI is InChI=1S/C72H62N6/c1-5-9-37-77(38-10-6-2)63-33-35-67-53(45-63)25-15-16-26-54-46-64(78(39-11-7-3)40-12-8-4)34-36-68(54)62-44-58-32-30-56-42-60(48-74-70(56)72(58)76-50-62)66-28-20-18-24-52(66)22-14-13-21-51-23-17-19-27-65(51)59-41-55-29-31-57-43-61(67)49-75-71(57)69(55)73-47-59/h17-20,23-24,27-36,41-50H,5-12,37-40H2,1-4H3. The SMILES string of the molecule is CCCCN(CCCC)c1ccc2c(c1)=C=C=C=C=c1cc(N(CCCC)CCCC)ccc1=c1cnc3c(ccc4cc(cnc43)=c3ccccc3=C=C=C=C=c3ccccc3=c3cnc4c(ccc5cc=2cnc54)c3)c1. The first-order valence-electron chi connectivity index (χ1n) is 27.9. The topological polar surface area (TPSA) is 58.0 Å². The van der Waals surface area contributed by atoms with E-state index in [4.69, 9.17) is 19.9 Å². The highest BCUT2D eigenvalue weighted by atomic mass is 15.1. The Hall–Kier alpha value is -9.20. The Labute approximate surface area is 454 Å². The van der Waals surface area contributed by atoms with Crippen LogP contribution in [0.15, 0.2) is 181 Å². The molecule has 6 heteroatoms. The van der Waals surface area contributed by atoms with Crippen molar-refractivity contribution in [2.45, 2.75) is 79.1 Å². The van der Waals surface area contributed by atoms with Crippen LogP contribution in [0.3, 0.4) is 0 Å². The van der Waals surface area contributed by atoms with Crippen molar-refractivity contribution in [3.63, 3.8) is 0 Å². The van der Waals surface area contributed by atoms with E-state index in [1.165, 1.54) is 11.4 Å².